The first-order valence-corrected chi connectivity index (χ1v) is 8.78. The van der Waals surface area contributed by atoms with E-state index < -0.39 is 0 Å². The number of benzene rings is 2. The van der Waals surface area contributed by atoms with Crippen LogP contribution in [-0.2, 0) is 0 Å². The number of hydrogen-bond acceptors (Lipinski definition) is 2. The van der Waals surface area contributed by atoms with E-state index in [0.29, 0.717) is 5.92 Å². The Bertz CT molecular complexity index is 819. The number of carbonyl (C=O) groups excluding carboxylic acids is 1. The zero-order valence-corrected chi connectivity index (χ0v) is 13.5. The van der Waals surface area contributed by atoms with Gasteiger partial charge in [0, 0.05) is 10.3 Å². The summed E-state index contributed by atoms with van der Waals surface area (Å²) in [6.07, 6.45) is 2.38. The lowest BCUT2D eigenvalue weighted by atomic mass is 10.1. The fourth-order valence-corrected chi connectivity index (χ4v) is 3.82. The molecule has 2 amide bonds. The third-order valence-corrected chi connectivity index (χ3v) is 5.22. The van der Waals surface area contributed by atoms with E-state index in [0.717, 1.165) is 16.5 Å². The fraction of sp³-hybridized carbons (Fsp3) is 0.211. The molecule has 2 N–H and O–H groups in total. The van der Waals surface area contributed by atoms with Gasteiger partial charge in [0.2, 0.25) is 0 Å². The van der Waals surface area contributed by atoms with Crippen molar-refractivity contribution in [1.29, 1.82) is 0 Å². The number of nitrogens with one attached hydrogen (secondary N) is 2. The first kappa shape index (κ1) is 14.3. The molecule has 0 aliphatic heterocycles. The minimum atomic E-state index is -0.133. The minimum Gasteiger partial charge on any atom is -0.330 e. The Kier molecular flexibility index (Phi) is 3.75. The molecule has 0 bridgehead atoms. The molecule has 3 aromatic rings. The molecule has 23 heavy (non-hydrogen) atoms. The highest BCUT2D eigenvalue weighted by molar-refractivity contribution is 7.10. The molecule has 1 saturated carbocycles. The first-order chi connectivity index (χ1) is 11.3. The van der Waals surface area contributed by atoms with E-state index in [4.69, 9.17) is 0 Å². The van der Waals surface area contributed by atoms with Crippen LogP contribution in [0, 0.1) is 5.92 Å². The molecule has 1 heterocycles. The number of hydrogen-bond donors (Lipinski definition) is 2. The summed E-state index contributed by atoms with van der Waals surface area (Å²) >= 11 is 1.71. The standard InChI is InChI=1S/C19H18N2OS/c22-19(21-18(14-10-11-14)17-9-4-12-23-17)20-16-8-3-6-13-5-1-2-7-15(13)16/h1-9,12,14,18H,10-11H2,(H2,20,21,22). The topological polar surface area (TPSA) is 41.1 Å². The lowest BCUT2D eigenvalue weighted by Gasteiger charge is -2.18. The van der Waals surface area contributed by atoms with E-state index in [1.54, 1.807) is 11.3 Å². The minimum absolute atomic E-state index is 0.130. The van der Waals surface area contributed by atoms with Crippen LogP contribution in [-0.4, -0.2) is 6.03 Å². The number of carbonyl (C=O) groups is 1. The van der Waals surface area contributed by atoms with Crippen molar-refractivity contribution in [3.05, 3.63) is 64.9 Å². The second kappa shape index (κ2) is 6.05. The van der Waals surface area contributed by atoms with Crippen molar-refractivity contribution in [3.63, 3.8) is 0 Å². The molecule has 4 heteroatoms. The van der Waals surface area contributed by atoms with Gasteiger partial charge in [-0.15, -0.1) is 11.3 Å². The summed E-state index contributed by atoms with van der Waals surface area (Å²) in [6, 6.07) is 18.2. The first-order valence-electron chi connectivity index (χ1n) is 7.90. The average Bonchev–Trinajstić information content (AvgIpc) is 3.27. The van der Waals surface area contributed by atoms with Gasteiger partial charge in [-0.25, -0.2) is 4.79 Å². The van der Waals surface area contributed by atoms with Gasteiger partial charge in [-0.2, -0.15) is 0 Å². The Morgan fingerprint density at radius 1 is 1.04 bits per heavy atom. The molecule has 3 nitrogen and oxygen atoms in total. The van der Waals surface area contributed by atoms with E-state index in [2.05, 4.69) is 34.2 Å². The van der Waals surface area contributed by atoms with Crippen LogP contribution >= 0.6 is 11.3 Å². The van der Waals surface area contributed by atoms with Gasteiger partial charge in [-0.3, -0.25) is 0 Å². The molecule has 116 valence electrons. The quantitative estimate of drug-likeness (QED) is 0.683. The van der Waals surface area contributed by atoms with Crippen LogP contribution in [0.3, 0.4) is 0 Å². The summed E-state index contributed by atoms with van der Waals surface area (Å²) in [4.78, 5) is 13.7. The Hall–Kier alpha value is -2.33. The predicted molar refractivity (Wildman–Crippen MR) is 95.9 cm³/mol. The van der Waals surface area contributed by atoms with E-state index in [-0.39, 0.29) is 12.1 Å². The number of thiophene rings is 1. The second-order valence-electron chi connectivity index (χ2n) is 5.96. The zero-order chi connectivity index (χ0) is 15.6. The molecule has 1 aliphatic carbocycles. The van der Waals surface area contributed by atoms with Crippen molar-refractivity contribution in [2.75, 3.05) is 5.32 Å². The molecule has 1 atom stereocenters. The van der Waals surface area contributed by atoms with Crippen molar-refractivity contribution in [2.45, 2.75) is 18.9 Å². The van der Waals surface area contributed by atoms with Crippen LogP contribution in [0.1, 0.15) is 23.8 Å². The van der Waals surface area contributed by atoms with Gasteiger partial charge in [0.05, 0.1) is 11.7 Å². The van der Waals surface area contributed by atoms with Crippen LogP contribution in [0.15, 0.2) is 60.0 Å². The summed E-state index contributed by atoms with van der Waals surface area (Å²) in [5, 5.41) is 10.4. The number of rotatable bonds is 4. The second-order valence-corrected chi connectivity index (χ2v) is 6.93. The molecular weight excluding hydrogens is 304 g/mol. The molecule has 0 spiro atoms. The van der Waals surface area contributed by atoms with Crippen molar-refractivity contribution in [2.24, 2.45) is 5.92 Å². The summed E-state index contributed by atoms with van der Waals surface area (Å²) in [5.74, 6) is 0.576. The van der Waals surface area contributed by atoms with Gasteiger partial charge in [0.25, 0.3) is 0 Å². The fourth-order valence-electron chi connectivity index (χ4n) is 2.95. The lowest BCUT2D eigenvalue weighted by Crippen LogP contribution is -2.33. The Balaban J connectivity index is 1.53. The van der Waals surface area contributed by atoms with Crippen molar-refractivity contribution >= 4 is 33.8 Å². The normalized spacial score (nSPS) is 15.3. The number of anilines is 1. The van der Waals surface area contributed by atoms with Crippen molar-refractivity contribution in [3.8, 4) is 0 Å². The van der Waals surface area contributed by atoms with E-state index >= 15 is 0 Å². The largest absolute Gasteiger partial charge is 0.330 e. The van der Waals surface area contributed by atoms with Gasteiger partial charge in [0.1, 0.15) is 0 Å². The molecule has 1 fully saturated rings. The van der Waals surface area contributed by atoms with Gasteiger partial charge in [0.15, 0.2) is 0 Å². The molecule has 1 unspecified atom stereocenters. The summed E-state index contributed by atoms with van der Waals surface area (Å²) in [7, 11) is 0. The third kappa shape index (κ3) is 3.08. The highest BCUT2D eigenvalue weighted by Gasteiger charge is 2.34. The maximum absolute atomic E-state index is 12.5. The van der Waals surface area contributed by atoms with Gasteiger partial charge < -0.3 is 10.6 Å². The van der Waals surface area contributed by atoms with Crippen LogP contribution in [0.5, 0.6) is 0 Å². The maximum Gasteiger partial charge on any atom is 0.319 e. The number of urea groups is 1. The predicted octanol–water partition coefficient (Wildman–Crippen LogP) is 5.17. The monoisotopic (exact) mass is 322 g/mol. The lowest BCUT2D eigenvalue weighted by molar-refractivity contribution is 0.247. The summed E-state index contributed by atoms with van der Waals surface area (Å²) < 4.78 is 0. The molecule has 0 radical (unpaired) electrons. The van der Waals surface area contributed by atoms with E-state index in [9.17, 15) is 4.79 Å². The average molecular weight is 322 g/mol. The molecular formula is C19H18N2OS. The van der Waals surface area contributed by atoms with Crippen LogP contribution in [0.25, 0.3) is 10.8 Å². The third-order valence-electron chi connectivity index (χ3n) is 4.27. The van der Waals surface area contributed by atoms with Gasteiger partial charge in [-0.1, -0.05) is 42.5 Å². The molecule has 1 aliphatic rings. The molecule has 0 saturated heterocycles. The number of amides is 2. The van der Waals surface area contributed by atoms with Crippen LogP contribution < -0.4 is 10.6 Å². The number of fused-ring (bicyclic) bond motifs is 1. The zero-order valence-electron chi connectivity index (χ0n) is 12.7. The van der Waals surface area contributed by atoms with Crippen LogP contribution in [0.4, 0.5) is 10.5 Å². The van der Waals surface area contributed by atoms with E-state index in [1.165, 1.54) is 17.7 Å². The Morgan fingerprint density at radius 3 is 2.65 bits per heavy atom. The molecule has 1 aromatic heterocycles. The molecule has 2 aromatic carbocycles. The van der Waals surface area contributed by atoms with Crippen molar-refractivity contribution < 1.29 is 4.79 Å². The highest BCUT2D eigenvalue weighted by Crippen LogP contribution is 2.42. The maximum atomic E-state index is 12.5. The van der Waals surface area contributed by atoms with Gasteiger partial charge in [-0.05, 0) is 41.7 Å². The smallest absolute Gasteiger partial charge is 0.319 e. The van der Waals surface area contributed by atoms with Gasteiger partial charge >= 0.3 is 6.03 Å². The van der Waals surface area contributed by atoms with E-state index in [1.807, 2.05) is 36.4 Å². The van der Waals surface area contributed by atoms with Crippen molar-refractivity contribution in [1.82, 2.24) is 5.32 Å². The Morgan fingerprint density at radius 2 is 1.87 bits per heavy atom. The summed E-state index contributed by atoms with van der Waals surface area (Å²) in [6.45, 7) is 0. The SMILES string of the molecule is O=C(Nc1cccc2ccccc12)NC(c1cccs1)C1CC1. The molecule has 4 rings (SSSR count). The van der Waals surface area contributed by atoms with Crippen LogP contribution in [0.2, 0.25) is 0 Å². The Labute approximate surface area is 139 Å². The summed E-state index contributed by atoms with van der Waals surface area (Å²) in [5.41, 5.74) is 0.848. The highest BCUT2D eigenvalue weighted by atomic mass is 32.1.